The molecule has 2 aliphatic rings. The average molecular weight is 267 g/mol. The molecule has 18 heavy (non-hydrogen) atoms. The predicted octanol–water partition coefficient (Wildman–Crippen LogP) is 3.22. The summed E-state index contributed by atoms with van der Waals surface area (Å²) in [5.41, 5.74) is 2.90. The summed E-state index contributed by atoms with van der Waals surface area (Å²) in [7, 11) is 0. The fourth-order valence-corrected chi connectivity index (χ4v) is 4.39. The van der Waals surface area contributed by atoms with Crippen LogP contribution in [0.25, 0.3) is 0 Å². The molecule has 1 saturated carbocycles. The van der Waals surface area contributed by atoms with Crippen molar-refractivity contribution in [2.75, 3.05) is 6.61 Å². The molecule has 1 spiro atoms. The van der Waals surface area contributed by atoms with Crippen molar-refractivity contribution >= 4 is 11.3 Å². The van der Waals surface area contributed by atoms with Crippen LogP contribution in [0.15, 0.2) is 5.51 Å². The molecule has 2 fully saturated rings. The van der Waals surface area contributed by atoms with Gasteiger partial charge in [0.15, 0.2) is 0 Å². The first-order valence-electron chi connectivity index (χ1n) is 6.92. The van der Waals surface area contributed by atoms with Gasteiger partial charge < -0.3 is 9.84 Å². The molecule has 1 aromatic heterocycles. The molecule has 0 bridgehead atoms. The smallest absolute Gasteiger partial charge is 0.0930 e. The zero-order valence-electron chi connectivity index (χ0n) is 10.9. The number of aryl methyl sites for hydroxylation is 1. The van der Waals surface area contributed by atoms with Crippen molar-refractivity contribution in [3.05, 3.63) is 16.1 Å². The van der Waals surface area contributed by atoms with Gasteiger partial charge in [-0.15, -0.1) is 11.3 Å². The van der Waals surface area contributed by atoms with Crippen molar-refractivity contribution in [1.82, 2.24) is 4.98 Å². The van der Waals surface area contributed by atoms with Crippen LogP contribution in [-0.4, -0.2) is 22.3 Å². The van der Waals surface area contributed by atoms with Gasteiger partial charge in [-0.2, -0.15) is 0 Å². The van der Waals surface area contributed by atoms with Gasteiger partial charge in [-0.25, -0.2) is 4.98 Å². The summed E-state index contributed by atoms with van der Waals surface area (Å²) in [4.78, 5) is 5.30. The van der Waals surface area contributed by atoms with Crippen LogP contribution in [0.2, 0.25) is 0 Å². The topological polar surface area (TPSA) is 42.4 Å². The van der Waals surface area contributed by atoms with Gasteiger partial charge in [0.05, 0.1) is 27.8 Å². The monoisotopic (exact) mass is 267 g/mol. The summed E-state index contributed by atoms with van der Waals surface area (Å²) < 4.78 is 6.03. The molecule has 2 unspecified atom stereocenters. The van der Waals surface area contributed by atoms with Crippen LogP contribution in [0.3, 0.4) is 0 Å². The Bertz CT molecular complexity index is 412. The van der Waals surface area contributed by atoms with Crippen LogP contribution in [-0.2, 0) is 4.74 Å². The second-order valence-corrected chi connectivity index (χ2v) is 6.62. The van der Waals surface area contributed by atoms with E-state index in [9.17, 15) is 5.11 Å². The zero-order valence-corrected chi connectivity index (χ0v) is 11.7. The van der Waals surface area contributed by atoms with Crippen molar-refractivity contribution in [1.29, 1.82) is 0 Å². The molecule has 1 N–H and O–H groups in total. The highest BCUT2D eigenvalue weighted by Crippen LogP contribution is 2.45. The molecule has 3 rings (SSSR count). The third-order valence-electron chi connectivity index (χ3n) is 4.54. The van der Waals surface area contributed by atoms with E-state index in [1.165, 1.54) is 25.7 Å². The van der Waals surface area contributed by atoms with Crippen molar-refractivity contribution in [2.24, 2.45) is 5.92 Å². The lowest BCUT2D eigenvalue weighted by Crippen LogP contribution is -2.39. The van der Waals surface area contributed by atoms with E-state index in [0.717, 1.165) is 30.0 Å². The molecule has 1 aliphatic carbocycles. The number of hydrogen-bond acceptors (Lipinski definition) is 4. The van der Waals surface area contributed by atoms with E-state index in [2.05, 4.69) is 4.98 Å². The first kappa shape index (κ1) is 12.6. The minimum Gasteiger partial charge on any atom is -0.387 e. The van der Waals surface area contributed by atoms with Gasteiger partial charge in [-0.05, 0) is 38.5 Å². The highest BCUT2D eigenvalue weighted by molar-refractivity contribution is 7.09. The standard InChI is InChI=1S/C14H21NO2S/c1-10-13(18-9-15-10)12(16)11-4-7-17-14(8-11)5-2-3-6-14/h9,11-12,16H,2-8H2,1H3. The molecular weight excluding hydrogens is 246 g/mol. The summed E-state index contributed by atoms with van der Waals surface area (Å²) in [5.74, 6) is 0.344. The summed E-state index contributed by atoms with van der Waals surface area (Å²) in [5, 5.41) is 10.6. The molecule has 3 nitrogen and oxygen atoms in total. The molecular formula is C14H21NO2S. The van der Waals surface area contributed by atoms with Crippen molar-refractivity contribution in [3.8, 4) is 0 Å². The quantitative estimate of drug-likeness (QED) is 0.894. The maximum Gasteiger partial charge on any atom is 0.0930 e. The van der Waals surface area contributed by atoms with E-state index in [1.807, 2.05) is 12.4 Å². The van der Waals surface area contributed by atoms with Gasteiger partial charge in [0.25, 0.3) is 0 Å². The molecule has 100 valence electrons. The van der Waals surface area contributed by atoms with E-state index >= 15 is 0 Å². The van der Waals surface area contributed by atoms with Crippen LogP contribution in [0, 0.1) is 12.8 Å². The molecule has 2 atom stereocenters. The highest BCUT2D eigenvalue weighted by Gasteiger charge is 2.42. The van der Waals surface area contributed by atoms with Crippen LogP contribution < -0.4 is 0 Å². The third-order valence-corrected chi connectivity index (χ3v) is 5.55. The second kappa shape index (κ2) is 4.91. The number of aliphatic hydroxyl groups is 1. The predicted molar refractivity (Wildman–Crippen MR) is 71.7 cm³/mol. The Labute approximate surface area is 112 Å². The molecule has 0 amide bonds. The minimum atomic E-state index is -0.348. The van der Waals surface area contributed by atoms with E-state index in [0.29, 0.717) is 5.92 Å². The Hall–Kier alpha value is -0.450. The maximum atomic E-state index is 10.6. The first-order valence-corrected chi connectivity index (χ1v) is 7.80. The van der Waals surface area contributed by atoms with Crippen LogP contribution in [0.4, 0.5) is 0 Å². The highest BCUT2D eigenvalue weighted by atomic mass is 32.1. The van der Waals surface area contributed by atoms with E-state index < -0.39 is 0 Å². The summed E-state index contributed by atoms with van der Waals surface area (Å²) >= 11 is 1.58. The number of aromatic nitrogens is 1. The van der Waals surface area contributed by atoms with E-state index in [1.54, 1.807) is 11.3 Å². The SMILES string of the molecule is Cc1ncsc1C(O)C1CCOC2(CCCC2)C1. The van der Waals surface area contributed by atoms with Gasteiger partial charge >= 0.3 is 0 Å². The van der Waals surface area contributed by atoms with Gasteiger partial charge in [0, 0.05) is 6.61 Å². The Morgan fingerprint density at radius 3 is 2.94 bits per heavy atom. The number of thiazole rings is 1. The minimum absolute atomic E-state index is 0.0858. The number of aliphatic hydroxyl groups excluding tert-OH is 1. The lowest BCUT2D eigenvalue weighted by molar-refractivity contribution is -0.113. The fraction of sp³-hybridized carbons (Fsp3) is 0.786. The van der Waals surface area contributed by atoms with Crippen LogP contribution in [0.1, 0.15) is 55.2 Å². The Morgan fingerprint density at radius 2 is 2.28 bits per heavy atom. The molecule has 1 saturated heterocycles. The Kier molecular flexibility index (Phi) is 3.43. The summed E-state index contributed by atoms with van der Waals surface area (Å²) in [6, 6.07) is 0. The number of rotatable bonds is 2. The van der Waals surface area contributed by atoms with Crippen molar-refractivity contribution < 1.29 is 9.84 Å². The van der Waals surface area contributed by atoms with Gasteiger partial charge in [0.1, 0.15) is 0 Å². The number of nitrogens with zero attached hydrogens (tertiary/aromatic N) is 1. The first-order chi connectivity index (χ1) is 8.70. The molecule has 2 heterocycles. The van der Waals surface area contributed by atoms with E-state index in [4.69, 9.17) is 4.74 Å². The van der Waals surface area contributed by atoms with Gasteiger partial charge in [-0.1, -0.05) is 12.8 Å². The molecule has 0 aromatic carbocycles. The normalized spacial score (nSPS) is 28.7. The molecule has 1 aliphatic heterocycles. The summed E-state index contributed by atoms with van der Waals surface area (Å²) in [6.07, 6.45) is 6.56. The third kappa shape index (κ3) is 2.22. The Morgan fingerprint density at radius 1 is 1.50 bits per heavy atom. The summed E-state index contributed by atoms with van der Waals surface area (Å²) in [6.45, 7) is 2.79. The lowest BCUT2D eigenvalue weighted by Gasteiger charge is -2.39. The second-order valence-electron chi connectivity index (χ2n) is 5.74. The van der Waals surface area contributed by atoms with Crippen molar-refractivity contribution in [3.63, 3.8) is 0 Å². The lowest BCUT2D eigenvalue weighted by atomic mass is 9.81. The van der Waals surface area contributed by atoms with E-state index in [-0.39, 0.29) is 11.7 Å². The van der Waals surface area contributed by atoms with Gasteiger partial charge in [-0.3, -0.25) is 0 Å². The fourth-order valence-electron chi connectivity index (χ4n) is 3.51. The maximum absolute atomic E-state index is 10.6. The molecule has 4 heteroatoms. The number of ether oxygens (including phenoxy) is 1. The largest absolute Gasteiger partial charge is 0.387 e. The van der Waals surface area contributed by atoms with Crippen molar-refractivity contribution in [2.45, 2.75) is 57.2 Å². The average Bonchev–Trinajstić information content (AvgIpc) is 2.98. The number of hydrogen-bond donors (Lipinski definition) is 1. The Balaban J connectivity index is 1.74. The molecule has 1 aromatic rings. The van der Waals surface area contributed by atoms with Crippen LogP contribution >= 0.6 is 11.3 Å². The molecule has 0 radical (unpaired) electrons. The van der Waals surface area contributed by atoms with Crippen LogP contribution in [0.5, 0.6) is 0 Å². The van der Waals surface area contributed by atoms with Gasteiger partial charge in [0.2, 0.25) is 0 Å². The zero-order chi connectivity index (χ0) is 12.6.